The molecular weight excluding hydrogens is 263 g/mol. The van der Waals surface area contributed by atoms with Crippen LogP contribution in [-0.2, 0) is 4.79 Å². The van der Waals surface area contributed by atoms with E-state index < -0.39 is 5.54 Å². The zero-order chi connectivity index (χ0) is 11.8. The first-order valence-corrected chi connectivity index (χ1v) is 5.37. The fourth-order valence-electron chi connectivity index (χ4n) is 1.36. The highest BCUT2D eigenvalue weighted by Crippen LogP contribution is 2.34. The molecule has 0 radical (unpaired) electrons. The minimum absolute atomic E-state index is 0. The van der Waals surface area contributed by atoms with E-state index in [1.54, 1.807) is 25.3 Å². The topological polar surface area (TPSA) is 64.3 Å². The van der Waals surface area contributed by atoms with Crippen molar-refractivity contribution in [2.45, 2.75) is 18.4 Å². The van der Waals surface area contributed by atoms with Crippen LogP contribution in [0.1, 0.15) is 12.8 Å². The van der Waals surface area contributed by atoms with Gasteiger partial charge in [-0.05, 0) is 31.0 Å². The summed E-state index contributed by atoms with van der Waals surface area (Å²) in [5.41, 5.74) is 5.72. The number of nitrogens with two attached hydrogens (primary N) is 1. The fourth-order valence-corrected chi connectivity index (χ4v) is 1.62. The Kier molecular flexibility index (Phi) is 4.25. The monoisotopic (exact) mass is 276 g/mol. The first-order chi connectivity index (χ1) is 7.55. The summed E-state index contributed by atoms with van der Waals surface area (Å²) in [4.78, 5) is 11.7. The van der Waals surface area contributed by atoms with Crippen molar-refractivity contribution in [3.8, 4) is 5.75 Å². The van der Waals surface area contributed by atoms with Crippen molar-refractivity contribution in [3.63, 3.8) is 0 Å². The van der Waals surface area contributed by atoms with Crippen LogP contribution in [0.3, 0.4) is 0 Å². The lowest BCUT2D eigenvalue weighted by molar-refractivity contribution is -0.118. The number of halogens is 2. The van der Waals surface area contributed by atoms with E-state index >= 15 is 0 Å². The third kappa shape index (κ3) is 3.03. The number of benzene rings is 1. The summed E-state index contributed by atoms with van der Waals surface area (Å²) in [6.07, 6.45) is 1.48. The Bertz CT molecular complexity index is 433. The van der Waals surface area contributed by atoms with Crippen LogP contribution in [-0.4, -0.2) is 18.6 Å². The molecule has 0 saturated heterocycles. The number of carbonyl (C=O) groups excluding carboxylic acids is 1. The molecular formula is C11H14Cl2N2O2. The van der Waals surface area contributed by atoms with Crippen LogP contribution in [0.25, 0.3) is 0 Å². The van der Waals surface area contributed by atoms with Crippen LogP contribution in [0.5, 0.6) is 5.75 Å². The minimum Gasteiger partial charge on any atom is -0.495 e. The Morgan fingerprint density at radius 1 is 1.53 bits per heavy atom. The van der Waals surface area contributed by atoms with Gasteiger partial charge in [0.15, 0.2) is 0 Å². The summed E-state index contributed by atoms with van der Waals surface area (Å²) >= 11 is 5.94. The number of carbonyl (C=O) groups is 1. The molecule has 1 aromatic rings. The first-order valence-electron chi connectivity index (χ1n) is 4.99. The van der Waals surface area contributed by atoms with E-state index in [2.05, 4.69) is 5.32 Å². The second kappa shape index (κ2) is 5.12. The molecule has 0 atom stereocenters. The Morgan fingerprint density at radius 2 is 2.18 bits per heavy atom. The molecule has 2 rings (SSSR count). The van der Waals surface area contributed by atoms with Gasteiger partial charge in [-0.2, -0.15) is 0 Å². The molecule has 0 unspecified atom stereocenters. The van der Waals surface area contributed by atoms with E-state index in [-0.39, 0.29) is 18.3 Å². The van der Waals surface area contributed by atoms with Crippen LogP contribution < -0.4 is 15.8 Å². The van der Waals surface area contributed by atoms with E-state index in [4.69, 9.17) is 22.1 Å². The molecule has 1 amide bonds. The van der Waals surface area contributed by atoms with Crippen molar-refractivity contribution >= 4 is 35.6 Å². The van der Waals surface area contributed by atoms with Crippen molar-refractivity contribution in [3.05, 3.63) is 23.2 Å². The maximum atomic E-state index is 11.7. The molecule has 1 aliphatic carbocycles. The highest BCUT2D eigenvalue weighted by atomic mass is 35.5. The highest BCUT2D eigenvalue weighted by molar-refractivity contribution is 6.32. The molecule has 1 saturated carbocycles. The Labute approximate surface area is 111 Å². The number of amides is 1. The number of nitrogens with one attached hydrogen (secondary N) is 1. The summed E-state index contributed by atoms with van der Waals surface area (Å²) in [6.45, 7) is 0. The second-order valence-corrected chi connectivity index (χ2v) is 4.37. The minimum atomic E-state index is -0.674. The maximum Gasteiger partial charge on any atom is 0.244 e. The molecule has 0 spiro atoms. The fraction of sp³-hybridized carbons (Fsp3) is 0.364. The lowest BCUT2D eigenvalue weighted by Gasteiger charge is -2.11. The van der Waals surface area contributed by atoms with Gasteiger partial charge in [0.1, 0.15) is 5.75 Å². The zero-order valence-corrected chi connectivity index (χ0v) is 10.9. The van der Waals surface area contributed by atoms with Gasteiger partial charge < -0.3 is 15.8 Å². The van der Waals surface area contributed by atoms with Gasteiger partial charge in [0.25, 0.3) is 0 Å². The molecule has 17 heavy (non-hydrogen) atoms. The number of methoxy groups -OCH3 is 1. The van der Waals surface area contributed by atoms with Gasteiger partial charge in [0.05, 0.1) is 17.7 Å². The lowest BCUT2D eigenvalue weighted by Crippen LogP contribution is -2.37. The van der Waals surface area contributed by atoms with E-state index in [0.29, 0.717) is 16.5 Å². The number of hydrogen-bond donors (Lipinski definition) is 2. The Morgan fingerprint density at radius 3 is 2.65 bits per heavy atom. The van der Waals surface area contributed by atoms with Gasteiger partial charge in [0.2, 0.25) is 5.91 Å². The smallest absolute Gasteiger partial charge is 0.244 e. The first kappa shape index (κ1) is 14.1. The second-order valence-electron chi connectivity index (χ2n) is 3.96. The molecule has 1 aliphatic rings. The lowest BCUT2D eigenvalue weighted by atomic mass is 10.2. The Hall–Kier alpha value is -0.970. The number of hydrogen-bond acceptors (Lipinski definition) is 3. The largest absolute Gasteiger partial charge is 0.495 e. The van der Waals surface area contributed by atoms with Crippen LogP contribution in [0.2, 0.25) is 5.02 Å². The third-order valence-corrected chi connectivity index (χ3v) is 2.95. The van der Waals surface area contributed by atoms with Crippen molar-refractivity contribution in [1.29, 1.82) is 0 Å². The van der Waals surface area contributed by atoms with Crippen LogP contribution in [0.4, 0.5) is 5.69 Å². The van der Waals surface area contributed by atoms with Crippen LogP contribution in [0, 0.1) is 0 Å². The molecule has 0 aliphatic heterocycles. The molecule has 0 heterocycles. The van der Waals surface area contributed by atoms with E-state index in [1.807, 2.05) is 0 Å². The molecule has 1 aromatic carbocycles. The molecule has 0 bridgehead atoms. The zero-order valence-electron chi connectivity index (χ0n) is 9.33. The van der Waals surface area contributed by atoms with E-state index in [0.717, 1.165) is 12.8 Å². The van der Waals surface area contributed by atoms with Gasteiger partial charge in [0, 0.05) is 5.69 Å². The van der Waals surface area contributed by atoms with Gasteiger partial charge in [-0.1, -0.05) is 11.6 Å². The molecule has 94 valence electrons. The average molecular weight is 277 g/mol. The summed E-state index contributed by atoms with van der Waals surface area (Å²) < 4.78 is 5.02. The summed E-state index contributed by atoms with van der Waals surface area (Å²) in [5, 5.41) is 3.19. The van der Waals surface area contributed by atoms with Crippen molar-refractivity contribution < 1.29 is 9.53 Å². The van der Waals surface area contributed by atoms with E-state index in [1.165, 1.54) is 0 Å². The number of anilines is 1. The predicted molar refractivity (Wildman–Crippen MR) is 70.0 cm³/mol. The Balaban J connectivity index is 0.00000144. The number of ether oxygens (including phenoxy) is 1. The third-order valence-electron chi connectivity index (χ3n) is 2.65. The summed E-state index contributed by atoms with van der Waals surface area (Å²) in [7, 11) is 1.54. The predicted octanol–water partition coefficient (Wildman–Crippen LogP) is 2.20. The van der Waals surface area contributed by atoms with Crippen molar-refractivity contribution in [1.82, 2.24) is 0 Å². The summed E-state index contributed by atoms with van der Waals surface area (Å²) in [6, 6.07) is 5.08. The molecule has 3 N–H and O–H groups in total. The summed E-state index contributed by atoms with van der Waals surface area (Å²) in [5.74, 6) is 0.419. The molecule has 4 nitrogen and oxygen atoms in total. The SMILES string of the molecule is COc1ccc(NC(=O)C2(N)CC2)cc1Cl.Cl. The van der Waals surface area contributed by atoms with Gasteiger partial charge in [-0.25, -0.2) is 0 Å². The maximum absolute atomic E-state index is 11.7. The van der Waals surface area contributed by atoms with Gasteiger partial charge >= 0.3 is 0 Å². The normalized spacial score (nSPS) is 15.7. The molecule has 0 aromatic heterocycles. The van der Waals surface area contributed by atoms with Gasteiger partial charge in [-0.3, -0.25) is 4.79 Å². The van der Waals surface area contributed by atoms with Crippen molar-refractivity contribution in [2.75, 3.05) is 12.4 Å². The molecule has 6 heteroatoms. The molecule has 1 fully saturated rings. The van der Waals surface area contributed by atoms with Gasteiger partial charge in [-0.15, -0.1) is 12.4 Å². The van der Waals surface area contributed by atoms with E-state index in [9.17, 15) is 4.79 Å². The standard InChI is InChI=1S/C11H13ClN2O2.ClH/c1-16-9-3-2-7(6-8(9)12)14-10(15)11(13)4-5-11;/h2-3,6H,4-5,13H2,1H3,(H,14,15);1H. The highest BCUT2D eigenvalue weighted by Gasteiger charge is 2.45. The van der Waals surface area contributed by atoms with Crippen LogP contribution in [0.15, 0.2) is 18.2 Å². The quantitative estimate of drug-likeness (QED) is 0.890. The average Bonchev–Trinajstić information content (AvgIpc) is 2.98. The van der Waals surface area contributed by atoms with Crippen molar-refractivity contribution in [2.24, 2.45) is 5.73 Å². The number of rotatable bonds is 3. The van der Waals surface area contributed by atoms with Crippen LogP contribution >= 0.6 is 24.0 Å².